The fourth-order valence-electron chi connectivity index (χ4n) is 2.62. The molecule has 0 spiro atoms. The molecule has 0 unspecified atom stereocenters. The van der Waals surface area contributed by atoms with Gasteiger partial charge in [-0.05, 0) is 30.3 Å². The van der Waals surface area contributed by atoms with Crippen LogP contribution in [-0.4, -0.2) is 9.97 Å². The molecule has 146 valence electrons. The van der Waals surface area contributed by atoms with Gasteiger partial charge in [0, 0.05) is 29.8 Å². The number of halogens is 5. The summed E-state index contributed by atoms with van der Waals surface area (Å²) in [5.41, 5.74) is -0.574. The molecule has 3 aromatic rings. The molecule has 3 nitrogen and oxygen atoms in total. The van der Waals surface area contributed by atoms with Crippen molar-refractivity contribution in [1.29, 1.82) is 0 Å². The Labute approximate surface area is 157 Å². The average molecular weight is 394 g/mol. The molecule has 0 atom stereocenters. The number of benzene rings is 1. The second kappa shape index (κ2) is 7.92. The summed E-state index contributed by atoms with van der Waals surface area (Å²) in [6, 6.07) is 6.41. The maximum absolute atomic E-state index is 14.1. The number of hydrogen-bond acceptors (Lipinski definition) is 3. The van der Waals surface area contributed by atoms with Crippen LogP contribution in [0.4, 0.5) is 22.0 Å². The third-order valence-corrected chi connectivity index (χ3v) is 3.96. The molecule has 8 heteroatoms. The lowest BCUT2D eigenvalue weighted by molar-refractivity contribution is -0.0184. The van der Waals surface area contributed by atoms with E-state index in [2.05, 4.69) is 9.97 Å². The van der Waals surface area contributed by atoms with Crippen molar-refractivity contribution < 1.29 is 26.7 Å². The lowest BCUT2D eigenvalue weighted by Gasteiger charge is -2.15. The first-order valence-corrected chi connectivity index (χ1v) is 8.44. The summed E-state index contributed by atoms with van der Waals surface area (Å²) < 4.78 is 74.1. The van der Waals surface area contributed by atoms with E-state index in [-0.39, 0.29) is 29.2 Å². The van der Waals surface area contributed by atoms with E-state index in [1.54, 1.807) is 6.92 Å². The minimum Gasteiger partial charge on any atom is -0.437 e. The van der Waals surface area contributed by atoms with E-state index < -0.39 is 29.1 Å². The molecule has 1 aromatic carbocycles. The summed E-state index contributed by atoms with van der Waals surface area (Å²) in [4.78, 5) is 7.69. The number of rotatable bonds is 6. The van der Waals surface area contributed by atoms with Crippen molar-refractivity contribution >= 4 is 0 Å². The number of pyridine rings is 2. The molecule has 3 rings (SSSR count). The van der Waals surface area contributed by atoms with E-state index in [0.29, 0.717) is 18.6 Å². The Kier molecular flexibility index (Phi) is 5.58. The van der Waals surface area contributed by atoms with E-state index in [1.807, 2.05) is 0 Å². The monoisotopic (exact) mass is 394 g/mol. The summed E-state index contributed by atoms with van der Waals surface area (Å²) in [5.74, 6) is -6.63. The first-order valence-electron chi connectivity index (χ1n) is 8.44. The quantitative estimate of drug-likeness (QED) is 0.366. The Morgan fingerprint density at radius 2 is 1.68 bits per heavy atom. The van der Waals surface area contributed by atoms with E-state index in [1.165, 1.54) is 24.4 Å². The van der Waals surface area contributed by atoms with Crippen LogP contribution >= 0.6 is 0 Å². The standard InChI is InChI=1S/C20H15F5N2O/c1-2-7-20(24,25)18-6-5-12(11-27-18)28-19-13(4-3-8-26-19)14-9-16(22)17(23)10-15(14)21/h3-6,8-11H,2,7H2,1H3. The van der Waals surface area contributed by atoms with Gasteiger partial charge in [-0.25, -0.2) is 18.2 Å². The highest BCUT2D eigenvalue weighted by Gasteiger charge is 2.31. The molecule has 0 bridgehead atoms. The molecule has 0 radical (unpaired) electrons. The van der Waals surface area contributed by atoms with Crippen LogP contribution in [0.1, 0.15) is 25.5 Å². The van der Waals surface area contributed by atoms with Crippen molar-refractivity contribution in [2.24, 2.45) is 0 Å². The Morgan fingerprint density at radius 3 is 2.36 bits per heavy atom. The lowest BCUT2D eigenvalue weighted by Crippen LogP contribution is -2.14. The molecule has 0 N–H and O–H groups in total. The molecular weight excluding hydrogens is 379 g/mol. The topological polar surface area (TPSA) is 35.0 Å². The van der Waals surface area contributed by atoms with E-state index in [0.717, 1.165) is 12.3 Å². The molecule has 2 aromatic heterocycles. The Bertz CT molecular complexity index is 977. The highest BCUT2D eigenvalue weighted by molar-refractivity contribution is 5.69. The van der Waals surface area contributed by atoms with Crippen LogP contribution in [0, 0.1) is 17.5 Å². The van der Waals surface area contributed by atoms with Gasteiger partial charge in [-0.1, -0.05) is 13.3 Å². The Morgan fingerprint density at radius 1 is 0.929 bits per heavy atom. The van der Waals surface area contributed by atoms with Gasteiger partial charge in [0.15, 0.2) is 11.6 Å². The first-order chi connectivity index (χ1) is 13.3. The van der Waals surface area contributed by atoms with Crippen LogP contribution in [-0.2, 0) is 5.92 Å². The van der Waals surface area contributed by atoms with Gasteiger partial charge in [0.1, 0.15) is 17.3 Å². The highest BCUT2D eigenvalue weighted by Crippen LogP contribution is 2.35. The zero-order valence-corrected chi connectivity index (χ0v) is 14.7. The molecule has 0 aliphatic carbocycles. The van der Waals surface area contributed by atoms with Gasteiger partial charge in [-0.2, -0.15) is 8.78 Å². The van der Waals surface area contributed by atoms with Crippen LogP contribution in [0.2, 0.25) is 0 Å². The molecule has 0 aliphatic rings. The van der Waals surface area contributed by atoms with Crippen LogP contribution < -0.4 is 4.74 Å². The predicted molar refractivity (Wildman–Crippen MR) is 92.7 cm³/mol. The third-order valence-electron chi connectivity index (χ3n) is 3.96. The number of alkyl halides is 2. The summed E-state index contributed by atoms with van der Waals surface area (Å²) in [6.07, 6.45) is 2.41. The molecule has 2 heterocycles. The van der Waals surface area contributed by atoms with Gasteiger partial charge < -0.3 is 4.74 Å². The van der Waals surface area contributed by atoms with Gasteiger partial charge in [0.2, 0.25) is 5.88 Å². The number of aromatic nitrogens is 2. The fourth-order valence-corrected chi connectivity index (χ4v) is 2.62. The van der Waals surface area contributed by atoms with Crippen LogP contribution in [0.5, 0.6) is 11.6 Å². The Balaban J connectivity index is 1.92. The third kappa shape index (κ3) is 4.11. The molecule has 0 aliphatic heterocycles. The van der Waals surface area contributed by atoms with E-state index >= 15 is 0 Å². The second-order valence-corrected chi connectivity index (χ2v) is 6.04. The summed E-state index contributed by atoms with van der Waals surface area (Å²) in [5, 5.41) is 0. The SMILES string of the molecule is CCCC(F)(F)c1ccc(Oc2ncccc2-c2cc(F)c(F)cc2F)cn1. The van der Waals surface area contributed by atoms with Gasteiger partial charge in [-0.15, -0.1) is 0 Å². The molecule has 28 heavy (non-hydrogen) atoms. The molecule has 0 amide bonds. The van der Waals surface area contributed by atoms with Crippen LogP contribution in [0.15, 0.2) is 48.8 Å². The van der Waals surface area contributed by atoms with Crippen molar-refractivity contribution in [1.82, 2.24) is 9.97 Å². The zero-order chi connectivity index (χ0) is 20.3. The normalized spacial score (nSPS) is 11.5. The summed E-state index contributed by atoms with van der Waals surface area (Å²) in [6.45, 7) is 1.64. The predicted octanol–water partition coefficient (Wildman–Crippen LogP) is 6.25. The van der Waals surface area contributed by atoms with Gasteiger partial charge in [0.25, 0.3) is 5.92 Å². The van der Waals surface area contributed by atoms with Gasteiger partial charge >= 0.3 is 0 Å². The maximum Gasteiger partial charge on any atom is 0.289 e. The largest absolute Gasteiger partial charge is 0.437 e. The summed E-state index contributed by atoms with van der Waals surface area (Å²) in [7, 11) is 0. The molecule has 0 saturated carbocycles. The molecule has 0 saturated heterocycles. The molecular formula is C20H15F5N2O. The fraction of sp³-hybridized carbons (Fsp3) is 0.200. The first kappa shape index (κ1) is 19.7. The molecule has 0 fully saturated rings. The van der Waals surface area contributed by atoms with Crippen molar-refractivity contribution in [2.75, 3.05) is 0 Å². The number of hydrogen-bond donors (Lipinski definition) is 0. The minimum atomic E-state index is -3.06. The lowest BCUT2D eigenvalue weighted by atomic mass is 10.1. The van der Waals surface area contributed by atoms with E-state index in [4.69, 9.17) is 4.74 Å². The number of ether oxygens (including phenoxy) is 1. The maximum atomic E-state index is 14.1. The smallest absolute Gasteiger partial charge is 0.289 e. The summed E-state index contributed by atoms with van der Waals surface area (Å²) >= 11 is 0. The van der Waals surface area contributed by atoms with Gasteiger partial charge in [0.05, 0.1) is 6.20 Å². The van der Waals surface area contributed by atoms with Crippen molar-refractivity contribution in [3.05, 3.63) is 71.9 Å². The van der Waals surface area contributed by atoms with Crippen molar-refractivity contribution in [3.63, 3.8) is 0 Å². The average Bonchev–Trinajstić information content (AvgIpc) is 2.66. The number of nitrogens with zero attached hydrogens (tertiary/aromatic N) is 2. The van der Waals surface area contributed by atoms with E-state index in [9.17, 15) is 22.0 Å². The second-order valence-electron chi connectivity index (χ2n) is 6.04. The van der Waals surface area contributed by atoms with Crippen LogP contribution in [0.3, 0.4) is 0 Å². The zero-order valence-electron chi connectivity index (χ0n) is 14.7. The van der Waals surface area contributed by atoms with Crippen LogP contribution in [0.25, 0.3) is 11.1 Å². The van der Waals surface area contributed by atoms with Crippen molar-refractivity contribution in [3.8, 4) is 22.8 Å². The Hall–Kier alpha value is -3.03. The van der Waals surface area contributed by atoms with Gasteiger partial charge in [-0.3, -0.25) is 4.98 Å². The minimum absolute atomic E-state index is 0.0688. The highest BCUT2D eigenvalue weighted by atomic mass is 19.3. The van der Waals surface area contributed by atoms with Crippen molar-refractivity contribution in [2.45, 2.75) is 25.7 Å².